The van der Waals surface area contributed by atoms with Crippen molar-refractivity contribution in [3.63, 3.8) is 0 Å². The van der Waals surface area contributed by atoms with Gasteiger partial charge in [0, 0.05) is 12.3 Å². The van der Waals surface area contributed by atoms with Gasteiger partial charge in [0.1, 0.15) is 17.3 Å². The summed E-state index contributed by atoms with van der Waals surface area (Å²) in [6.45, 7) is 1.76. The van der Waals surface area contributed by atoms with Gasteiger partial charge in [-0.05, 0) is 30.7 Å². The third-order valence-electron chi connectivity index (χ3n) is 2.28. The summed E-state index contributed by atoms with van der Waals surface area (Å²) in [7, 11) is 0. The van der Waals surface area contributed by atoms with Crippen molar-refractivity contribution in [2.75, 3.05) is 0 Å². The lowest BCUT2D eigenvalue weighted by atomic mass is 10.2. The van der Waals surface area contributed by atoms with Crippen molar-refractivity contribution >= 4 is 0 Å². The van der Waals surface area contributed by atoms with Gasteiger partial charge in [0.05, 0.1) is 11.8 Å². The fraction of sp³-hybridized carbons (Fsp3) is 0.154. The highest BCUT2D eigenvalue weighted by molar-refractivity contribution is 5.35. The maximum Gasteiger partial charge on any atom is 0.416 e. The average molecular weight is 271 g/mol. The van der Waals surface area contributed by atoms with E-state index < -0.39 is 17.6 Å². The van der Waals surface area contributed by atoms with Gasteiger partial charge in [0.15, 0.2) is 0 Å². The Morgan fingerprint density at radius 3 is 2.37 bits per heavy atom. The molecule has 0 aliphatic rings. The van der Waals surface area contributed by atoms with Crippen LogP contribution < -0.4 is 4.74 Å². The fourth-order valence-corrected chi connectivity index (χ4v) is 1.50. The SMILES string of the molecule is Cc1cncc(Oc2cc(F)cc(C(F)(F)F)c2)c1. The number of benzene rings is 1. The number of alkyl halides is 3. The lowest BCUT2D eigenvalue weighted by molar-refractivity contribution is -0.137. The normalized spacial score (nSPS) is 11.4. The average Bonchev–Trinajstić information content (AvgIpc) is 2.26. The molecule has 6 heteroatoms. The van der Waals surface area contributed by atoms with Crippen molar-refractivity contribution in [2.24, 2.45) is 0 Å². The van der Waals surface area contributed by atoms with Crippen molar-refractivity contribution in [1.82, 2.24) is 4.98 Å². The van der Waals surface area contributed by atoms with Crippen molar-refractivity contribution in [1.29, 1.82) is 0 Å². The Balaban J connectivity index is 2.33. The molecule has 1 aromatic carbocycles. The van der Waals surface area contributed by atoms with Crippen molar-refractivity contribution in [2.45, 2.75) is 13.1 Å². The molecule has 0 atom stereocenters. The van der Waals surface area contributed by atoms with Crippen LogP contribution in [-0.2, 0) is 6.18 Å². The van der Waals surface area contributed by atoms with Gasteiger partial charge in [-0.15, -0.1) is 0 Å². The summed E-state index contributed by atoms with van der Waals surface area (Å²) in [5.41, 5.74) is -0.312. The molecule has 0 N–H and O–H groups in total. The Hall–Kier alpha value is -2.11. The number of aromatic nitrogens is 1. The van der Waals surface area contributed by atoms with Crippen LogP contribution in [-0.4, -0.2) is 4.98 Å². The number of hydrogen-bond acceptors (Lipinski definition) is 2. The lowest BCUT2D eigenvalue weighted by Gasteiger charge is -2.10. The van der Waals surface area contributed by atoms with Crippen LogP contribution in [0.2, 0.25) is 0 Å². The molecule has 0 saturated heterocycles. The molecule has 0 amide bonds. The van der Waals surface area contributed by atoms with Gasteiger partial charge < -0.3 is 4.74 Å². The molecule has 0 spiro atoms. The molecular weight excluding hydrogens is 262 g/mol. The molecule has 2 nitrogen and oxygen atoms in total. The van der Waals surface area contributed by atoms with Crippen LogP contribution in [0.1, 0.15) is 11.1 Å². The van der Waals surface area contributed by atoms with E-state index >= 15 is 0 Å². The summed E-state index contributed by atoms with van der Waals surface area (Å²) in [5, 5.41) is 0. The minimum Gasteiger partial charge on any atom is -0.456 e. The van der Waals surface area contributed by atoms with Gasteiger partial charge in [-0.2, -0.15) is 13.2 Å². The molecule has 19 heavy (non-hydrogen) atoms. The largest absolute Gasteiger partial charge is 0.456 e. The lowest BCUT2D eigenvalue weighted by Crippen LogP contribution is -2.05. The molecule has 1 aromatic heterocycles. The second kappa shape index (κ2) is 4.87. The molecule has 1 heterocycles. The van der Waals surface area contributed by atoms with Crippen LogP contribution >= 0.6 is 0 Å². The minimum atomic E-state index is -4.62. The van der Waals surface area contributed by atoms with Crippen LogP contribution in [0.4, 0.5) is 17.6 Å². The third-order valence-corrected chi connectivity index (χ3v) is 2.28. The number of halogens is 4. The first kappa shape index (κ1) is 13.3. The molecule has 0 saturated carbocycles. The Kier molecular flexibility index (Phi) is 3.42. The summed E-state index contributed by atoms with van der Waals surface area (Å²) < 4.78 is 55.9. The Morgan fingerprint density at radius 1 is 1.00 bits per heavy atom. The van der Waals surface area contributed by atoms with E-state index in [1.54, 1.807) is 19.2 Å². The van der Waals surface area contributed by atoms with E-state index in [1.165, 1.54) is 6.20 Å². The van der Waals surface area contributed by atoms with Gasteiger partial charge in [-0.1, -0.05) is 0 Å². The van der Waals surface area contributed by atoms with Crippen molar-refractivity contribution in [3.8, 4) is 11.5 Å². The van der Waals surface area contributed by atoms with Crippen LogP contribution in [0.15, 0.2) is 36.7 Å². The quantitative estimate of drug-likeness (QED) is 0.758. The summed E-state index contributed by atoms with van der Waals surface area (Å²) in [5.74, 6) is -0.983. The molecule has 2 aromatic rings. The van der Waals surface area contributed by atoms with Gasteiger partial charge >= 0.3 is 6.18 Å². The van der Waals surface area contributed by atoms with E-state index in [0.29, 0.717) is 6.07 Å². The van der Waals surface area contributed by atoms with Crippen LogP contribution in [0.5, 0.6) is 11.5 Å². The number of pyridine rings is 1. The molecule has 2 rings (SSSR count). The predicted octanol–water partition coefficient (Wildman–Crippen LogP) is 4.34. The highest BCUT2D eigenvalue weighted by Gasteiger charge is 2.31. The third kappa shape index (κ3) is 3.43. The van der Waals surface area contributed by atoms with E-state index in [0.717, 1.165) is 17.7 Å². The van der Waals surface area contributed by atoms with Gasteiger partial charge in [-0.3, -0.25) is 4.98 Å². The highest BCUT2D eigenvalue weighted by Crippen LogP contribution is 2.33. The first-order valence-electron chi connectivity index (χ1n) is 5.32. The molecular formula is C13H9F4NO. The maximum absolute atomic E-state index is 13.1. The van der Waals surface area contributed by atoms with E-state index in [4.69, 9.17) is 4.74 Å². The van der Waals surface area contributed by atoms with E-state index in [1.807, 2.05) is 0 Å². The van der Waals surface area contributed by atoms with Gasteiger partial charge in [0.25, 0.3) is 0 Å². The van der Waals surface area contributed by atoms with Crippen molar-refractivity contribution in [3.05, 3.63) is 53.6 Å². The minimum absolute atomic E-state index is 0.222. The van der Waals surface area contributed by atoms with E-state index in [2.05, 4.69) is 4.98 Å². The van der Waals surface area contributed by atoms with Crippen molar-refractivity contribution < 1.29 is 22.3 Å². The van der Waals surface area contributed by atoms with Crippen LogP contribution in [0.3, 0.4) is 0 Å². The summed E-state index contributed by atoms with van der Waals surface area (Å²) >= 11 is 0. The second-order valence-corrected chi connectivity index (χ2v) is 3.97. The zero-order chi connectivity index (χ0) is 14.0. The van der Waals surface area contributed by atoms with Gasteiger partial charge in [-0.25, -0.2) is 4.39 Å². The molecule has 0 aliphatic carbocycles. The molecule has 0 radical (unpaired) electrons. The molecule has 100 valence electrons. The first-order chi connectivity index (χ1) is 8.84. The van der Waals surface area contributed by atoms with Crippen LogP contribution in [0, 0.1) is 12.7 Å². The molecule has 0 unspecified atom stereocenters. The Bertz CT molecular complexity index is 595. The Labute approximate surface area is 106 Å². The topological polar surface area (TPSA) is 22.1 Å². The zero-order valence-electron chi connectivity index (χ0n) is 9.83. The predicted molar refractivity (Wildman–Crippen MR) is 60.5 cm³/mol. The number of aryl methyl sites for hydroxylation is 1. The van der Waals surface area contributed by atoms with E-state index in [-0.39, 0.29) is 11.5 Å². The molecule has 0 aliphatic heterocycles. The highest BCUT2D eigenvalue weighted by atomic mass is 19.4. The number of rotatable bonds is 2. The number of nitrogens with zero attached hydrogens (tertiary/aromatic N) is 1. The number of hydrogen-bond donors (Lipinski definition) is 0. The molecule has 0 fully saturated rings. The molecule has 0 bridgehead atoms. The first-order valence-corrected chi connectivity index (χ1v) is 5.32. The second-order valence-electron chi connectivity index (χ2n) is 3.97. The number of ether oxygens (including phenoxy) is 1. The maximum atomic E-state index is 13.1. The zero-order valence-corrected chi connectivity index (χ0v) is 9.83. The standard InChI is InChI=1S/C13H9F4NO/c1-8-2-12(7-18-6-8)19-11-4-9(13(15,16)17)3-10(14)5-11/h2-7H,1H3. The Morgan fingerprint density at radius 2 is 1.74 bits per heavy atom. The summed E-state index contributed by atoms with van der Waals surface area (Å²) in [6, 6.07) is 3.63. The van der Waals surface area contributed by atoms with Gasteiger partial charge in [0.2, 0.25) is 0 Å². The smallest absolute Gasteiger partial charge is 0.416 e. The summed E-state index contributed by atoms with van der Waals surface area (Å²) in [6.07, 6.45) is -1.71. The summed E-state index contributed by atoms with van der Waals surface area (Å²) in [4.78, 5) is 3.83. The van der Waals surface area contributed by atoms with Crippen LogP contribution in [0.25, 0.3) is 0 Å². The van der Waals surface area contributed by atoms with E-state index in [9.17, 15) is 17.6 Å². The monoisotopic (exact) mass is 271 g/mol. The fourth-order valence-electron chi connectivity index (χ4n) is 1.50.